The largest absolute Gasteiger partial charge is 0.326 e. The highest BCUT2D eigenvalue weighted by Gasteiger charge is 2.09. The molecular formula is C17H29N3O. The quantitative estimate of drug-likeness (QED) is 0.735. The van der Waals surface area contributed by atoms with Gasteiger partial charge in [-0.1, -0.05) is 19.1 Å². The van der Waals surface area contributed by atoms with Crippen LogP contribution in [0.3, 0.4) is 0 Å². The summed E-state index contributed by atoms with van der Waals surface area (Å²) in [6, 6.07) is 8.24. The lowest BCUT2D eigenvalue weighted by atomic mass is 10.2. The lowest BCUT2D eigenvalue weighted by Gasteiger charge is -2.25. The zero-order chi connectivity index (χ0) is 15.7. The number of nitrogens with zero attached hydrogens (tertiary/aromatic N) is 1. The first-order valence-electron chi connectivity index (χ1n) is 7.89. The van der Waals surface area contributed by atoms with Gasteiger partial charge in [-0.15, -0.1) is 0 Å². The SMILES string of the molecule is CCCN(CCCC(=O)Nc1cccc(CN)c1)C(C)C. The summed E-state index contributed by atoms with van der Waals surface area (Å²) in [5.74, 6) is 0.0735. The van der Waals surface area contributed by atoms with Gasteiger partial charge in [0.15, 0.2) is 0 Å². The number of amides is 1. The lowest BCUT2D eigenvalue weighted by Crippen LogP contribution is -2.33. The molecule has 0 aromatic heterocycles. The molecule has 0 aliphatic carbocycles. The van der Waals surface area contributed by atoms with E-state index in [4.69, 9.17) is 5.73 Å². The molecular weight excluding hydrogens is 262 g/mol. The number of rotatable bonds is 9. The number of nitrogens with two attached hydrogens (primary N) is 1. The van der Waals surface area contributed by atoms with Gasteiger partial charge < -0.3 is 16.0 Å². The second kappa shape index (κ2) is 9.53. The summed E-state index contributed by atoms with van der Waals surface area (Å²) in [5, 5.41) is 2.94. The van der Waals surface area contributed by atoms with Gasteiger partial charge in [-0.05, 0) is 57.5 Å². The van der Waals surface area contributed by atoms with E-state index in [0.29, 0.717) is 19.0 Å². The molecule has 1 amide bonds. The van der Waals surface area contributed by atoms with Crippen molar-refractivity contribution in [2.75, 3.05) is 18.4 Å². The maximum Gasteiger partial charge on any atom is 0.224 e. The minimum Gasteiger partial charge on any atom is -0.326 e. The highest BCUT2D eigenvalue weighted by atomic mass is 16.1. The van der Waals surface area contributed by atoms with E-state index < -0.39 is 0 Å². The van der Waals surface area contributed by atoms with Crippen LogP contribution in [0.1, 0.15) is 45.6 Å². The fraction of sp³-hybridized carbons (Fsp3) is 0.588. The van der Waals surface area contributed by atoms with Crippen LogP contribution in [0.25, 0.3) is 0 Å². The lowest BCUT2D eigenvalue weighted by molar-refractivity contribution is -0.116. The Morgan fingerprint density at radius 3 is 2.71 bits per heavy atom. The maximum atomic E-state index is 12.0. The molecule has 0 fully saturated rings. The van der Waals surface area contributed by atoms with E-state index in [1.165, 1.54) is 0 Å². The van der Waals surface area contributed by atoms with Crippen molar-refractivity contribution in [3.05, 3.63) is 29.8 Å². The van der Waals surface area contributed by atoms with E-state index in [2.05, 4.69) is 31.0 Å². The minimum absolute atomic E-state index is 0.0735. The summed E-state index contributed by atoms with van der Waals surface area (Å²) in [5.41, 5.74) is 7.46. The average molecular weight is 291 g/mol. The van der Waals surface area contributed by atoms with E-state index in [1.54, 1.807) is 0 Å². The molecule has 0 saturated heterocycles. The van der Waals surface area contributed by atoms with Gasteiger partial charge in [-0.3, -0.25) is 4.79 Å². The Balaban J connectivity index is 2.36. The highest BCUT2D eigenvalue weighted by molar-refractivity contribution is 5.90. The third-order valence-electron chi connectivity index (χ3n) is 3.54. The Morgan fingerprint density at radius 1 is 1.33 bits per heavy atom. The van der Waals surface area contributed by atoms with Gasteiger partial charge in [0.2, 0.25) is 5.91 Å². The van der Waals surface area contributed by atoms with Crippen molar-refractivity contribution in [3.8, 4) is 0 Å². The van der Waals surface area contributed by atoms with Crippen LogP contribution in [0.4, 0.5) is 5.69 Å². The van der Waals surface area contributed by atoms with Crippen molar-refractivity contribution < 1.29 is 4.79 Å². The van der Waals surface area contributed by atoms with E-state index in [9.17, 15) is 4.79 Å². The molecule has 0 bridgehead atoms. The molecule has 1 aromatic rings. The van der Waals surface area contributed by atoms with Gasteiger partial charge in [0.05, 0.1) is 0 Å². The van der Waals surface area contributed by atoms with Crippen molar-refractivity contribution in [1.82, 2.24) is 4.90 Å². The predicted molar refractivity (Wildman–Crippen MR) is 89.2 cm³/mol. The smallest absolute Gasteiger partial charge is 0.224 e. The topological polar surface area (TPSA) is 58.4 Å². The molecule has 4 heteroatoms. The number of nitrogens with one attached hydrogen (secondary N) is 1. The number of anilines is 1. The van der Waals surface area contributed by atoms with Gasteiger partial charge in [-0.25, -0.2) is 0 Å². The second-order valence-corrected chi connectivity index (χ2v) is 5.69. The van der Waals surface area contributed by atoms with Crippen LogP contribution in [0.15, 0.2) is 24.3 Å². The third kappa shape index (κ3) is 6.74. The van der Waals surface area contributed by atoms with Crippen LogP contribution in [-0.4, -0.2) is 29.9 Å². The Morgan fingerprint density at radius 2 is 2.10 bits per heavy atom. The molecule has 0 radical (unpaired) electrons. The highest BCUT2D eigenvalue weighted by Crippen LogP contribution is 2.11. The Kier molecular flexibility index (Phi) is 8.01. The van der Waals surface area contributed by atoms with Crippen LogP contribution >= 0.6 is 0 Å². The van der Waals surface area contributed by atoms with Crippen molar-refractivity contribution in [1.29, 1.82) is 0 Å². The van der Waals surface area contributed by atoms with E-state index in [1.807, 2.05) is 24.3 Å². The van der Waals surface area contributed by atoms with Crippen LogP contribution in [0.5, 0.6) is 0 Å². The number of hydrogen-bond donors (Lipinski definition) is 2. The van der Waals surface area contributed by atoms with Gasteiger partial charge in [0.25, 0.3) is 0 Å². The monoisotopic (exact) mass is 291 g/mol. The number of carbonyl (C=O) groups is 1. The van der Waals surface area contributed by atoms with Crippen LogP contribution in [0.2, 0.25) is 0 Å². The van der Waals surface area contributed by atoms with Crippen molar-refractivity contribution in [3.63, 3.8) is 0 Å². The number of carbonyl (C=O) groups excluding carboxylic acids is 1. The molecule has 1 rings (SSSR count). The summed E-state index contributed by atoms with van der Waals surface area (Å²) in [6.07, 6.45) is 2.59. The molecule has 0 unspecified atom stereocenters. The third-order valence-corrected chi connectivity index (χ3v) is 3.54. The van der Waals surface area contributed by atoms with Crippen LogP contribution in [0, 0.1) is 0 Å². The molecule has 118 valence electrons. The molecule has 3 N–H and O–H groups in total. The summed E-state index contributed by atoms with van der Waals surface area (Å²) < 4.78 is 0. The van der Waals surface area contributed by atoms with Crippen molar-refractivity contribution in [2.45, 2.75) is 52.6 Å². The van der Waals surface area contributed by atoms with Gasteiger partial charge in [0, 0.05) is 24.7 Å². The average Bonchev–Trinajstić information content (AvgIpc) is 2.46. The summed E-state index contributed by atoms with van der Waals surface area (Å²) in [6.45, 7) is 9.15. The maximum absolute atomic E-state index is 12.0. The Labute approximate surface area is 128 Å². The molecule has 4 nitrogen and oxygen atoms in total. The standard InChI is InChI=1S/C17H29N3O/c1-4-10-20(14(2)3)11-6-9-17(21)19-16-8-5-7-15(12-16)13-18/h5,7-8,12,14H,4,6,9-11,13,18H2,1-3H3,(H,19,21). The molecule has 0 heterocycles. The summed E-state index contributed by atoms with van der Waals surface area (Å²) >= 11 is 0. The van der Waals surface area contributed by atoms with Crippen LogP contribution in [-0.2, 0) is 11.3 Å². The van der Waals surface area contributed by atoms with Crippen molar-refractivity contribution >= 4 is 11.6 Å². The van der Waals surface area contributed by atoms with E-state index in [0.717, 1.165) is 37.2 Å². The molecule has 0 saturated carbocycles. The van der Waals surface area contributed by atoms with E-state index in [-0.39, 0.29) is 5.91 Å². The van der Waals surface area contributed by atoms with Gasteiger partial charge >= 0.3 is 0 Å². The molecule has 0 spiro atoms. The number of hydrogen-bond acceptors (Lipinski definition) is 3. The molecule has 0 aliphatic rings. The van der Waals surface area contributed by atoms with E-state index >= 15 is 0 Å². The summed E-state index contributed by atoms with van der Waals surface area (Å²) in [7, 11) is 0. The minimum atomic E-state index is 0.0735. The van der Waals surface area contributed by atoms with Gasteiger partial charge in [0.1, 0.15) is 0 Å². The fourth-order valence-electron chi connectivity index (χ4n) is 2.36. The molecule has 1 aromatic carbocycles. The first-order chi connectivity index (χ1) is 10.1. The normalized spacial score (nSPS) is 11.1. The Hall–Kier alpha value is -1.39. The van der Waals surface area contributed by atoms with Crippen molar-refractivity contribution in [2.24, 2.45) is 5.73 Å². The zero-order valence-corrected chi connectivity index (χ0v) is 13.6. The first-order valence-corrected chi connectivity index (χ1v) is 7.89. The molecule has 21 heavy (non-hydrogen) atoms. The number of benzene rings is 1. The second-order valence-electron chi connectivity index (χ2n) is 5.69. The fourth-order valence-corrected chi connectivity index (χ4v) is 2.36. The van der Waals surface area contributed by atoms with Gasteiger partial charge in [-0.2, -0.15) is 0 Å². The van der Waals surface area contributed by atoms with Crippen LogP contribution < -0.4 is 11.1 Å². The Bertz CT molecular complexity index is 432. The zero-order valence-electron chi connectivity index (χ0n) is 13.6. The molecule has 0 atom stereocenters. The molecule has 0 aliphatic heterocycles. The summed E-state index contributed by atoms with van der Waals surface area (Å²) in [4.78, 5) is 14.4. The predicted octanol–water partition coefficient (Wildman–Crippen LogP) is 2.98. The first kappa shape index (κ1) is 17.7.